The van der Waals surface area contributed by atoms with Gasteiger partial charge >= 0.3 is 5.97 Å². The number of carboxylic acids is 1. The molecule has 2 aliphatic rings. The highest BCUT2D eigenvalue weighted by atomic mass is 32.2. The maximum atomic E-state index is 14.1. The molecule has 1 amide bonds. The zero-order valence-corrected chi connectivity index (χ0v) is 48.9. The number of carbonyl (C=O) groups excluding carboxylic acids is 1. The summed E-state index contributed by atoms with van der Waals surface area (Å²) in [6, 6.07) is 21.4. The molecule has 6 N–H and O–H groups in total. The average Bonchev–Trinajstić information content (AvgIpc) is 3.85. The van der Waals surface area contributed by atoms with Crippen LogP contribution in [0.1, 0.15) is 37.3 Å². The van der Waals surface area contributed by atoms with E-state index < -0.39 is 16.0 Å². The lowest BCUT2D eigenvalue weighted by molar-refractivity contribution is -0.138. The molecule has 0 bridgehead atoms. The lowest BCUT2D eigenvalue weighted by atomic mass is 10.0. The summed E-state index contributed by atoms with van der Waals surface area (Å²) in [5, 5.41) is 33.8. The van der Waals surface area contributed by atoms with Gasteiger partial charge in [0, 0.05) is 55.4 Å². The smallest absolute Gasteiger partial charge is 0.305 e. The van der Waals surface area contributed by atoms with Crippen LogP contribution in [0.3, 0.4) is 0 Å². The zero-order valence-electron chi connectivity index (χ0n) is 48.1. The molecule has 460 valence electrons. The van der Waals surface area contributed by atoms with Crippen LogP contribution in [0.2, 0.25) is 0 Å². The second-order valence-corrected chi connectivity index (χ2v) is 20.8. The molecule has 0 aromatic heterocycles. The van der Waals surface area contributed by atoms with Gasteiger partial charge in [0.05, 0.1) is 180 Å². The minimum atomic E-state index is -3.71. The molecule has 0 atom stereocenters. The maximum Gasteiger partial charge on any atom is 0.305 e. The van der Waals surface area contributed by atoms with Gasteiger partial charge < -0.3 is 78.8 Å². The molecule has 84 heavy (non-hydrogen) atoms. The summed E-state index contributed by atoms with van der Waals surface area (Å²) in [4.78, 5) is 35.6. The molecular weight excluding hydrogens is 1110 g/mol. The highest BCUT2D eigenvalue weighted by molar-refractivity contribution is 7.89. The summed E-state index contributed by atoms with van der Waals surface area (Å²) in [5.41, 5.74) is 10.7. The fraction of sp³-hybridized carbons (Fsp3) is 0.542. The van der Waals surface area contributed by atoms with E-state index in [1.165, 1.54) is 4.31 Å². The van der Waals surface area contributed by atoms with E-state index in [4.69, 9.17) is 58.2 Å². The Morgan fingerprint density at radius 2 is 1.29 bits per heavy atom. The fourth-order valence-corrected chi connectivity index (χ4v) is 9.64. The van der Waals surface area contributed by atoms with Crippen molar-refractivity contribution in [2.75, 3.05) is 183 Å². The number of nitrogens with two attached hydrogens (primary N) is 1. The van der Waals surface area contributed by atoms with Crippen LogP contribution in [0.4, 0.5) is 11.4 Å². The SMILES string of the molecule is CCCN(CC#CCNC(=NCCOCCOCCOCCOCCOCCOCCOCCOCCOCCOCCC(=O)O)Nc1cccc(C#N)c1)C(=O)C1=Cc2ccc(-c3cccc(S(=O)(=O)N4CC(CO)C4)c3)cc2N=C(N)C1. The van der Waals surface area contributed by atoms with Gasteiger partial charge in [0.1, 0.15) is 5.84 Å². The quantitative estimate of drug-likeness (QED) is 0.0234. The van der Waals surface area contributed by atoms with Crippen LogP contribution in [-0.2, 0) is 67.0 Å². The number of aliphatic imine (C=N–C) groups is 2. The Labute approximate surface area is 493 Å². The number of anilines is 1. The topological polar surface area (TPSA) is 306 Å². The molecule has 1 saturated heterocycles. The number of nitriles is 1. The summed E-state index contributed by atoms with van der Waals surface area (Å²) in [5.74, 6) is 5.76. The van der Waals surface area contributed by atoms with E-state index in [-0.39, 0.29) is 74.8 Å². The predicted octanol–water partition coefficient (Wildman–Crippen LogP) is 3.55. The van der Waals surface area contributed by atoms with Crippen LogP contribution in [0.5, 0.6) is 0 Å². The number of benzene rings is 3. The first-order valence-corrected chi connectivity index (χ1v) is 29.6. The molecule has 3 aromatic carbocycles. The summed E-state index contributed by atoms with van der Waals surface area (Å²) in [6.45, 7) is 11.7. The van der Waals surface area contributed by atoms with Gasteiger partial charge in [-0.1, -0.05) is 49.1 Å². The first kappa shape index (κ1) is 68.4. The second-order valence-electron chi connectivity index (χ2n) is 18.9. The van der Waals surface area contributed by atoms with Crippen molar-refractivity contribution in [1.29, 1.82) is 5.26 Å². The number of ether oxygens (including phenoxy) is 10. The minimum Gasteiger partial charge on any atom is -0.481 e. The van der Waals surface area contributed by atoms with E-state index in [9.17, 15) is 28.4 Å². The number of fused-ring (bicyclic) bond motifs is 1. The largest absolute Gasteiger partial charge is 0.481 e. The van der Waals surface area contributed by atoms with E-state index in [0.717, 1.165) is 5.56 Å². The Kier molecular flexibility index (Phi) is 33.2. The molecule has 25 heteroatoms. The number of aliphatic hydroxyl groups excluding tert-OH is 1. The number of amides is 1. The number of rotatable bonds is 43. The van der Waals surface area contributed by atoms with Crippen molar-refractivity contribution >= 4 is 51.1 Å². The number of carboxylic acid groups (broad SMARTS) is 1. The summed E-state index contributed by atoms with van der Waals surface area (Å²) < 4.78 is 82.8. The van der Waals surface area contributed by atoms with Crippen molar-refractivity contribution in [3.8, 4) is 29.0 Å². The number of hydrogen-bond acceptors (Lipinski definition) is 19. The molecular formula is C59H82N8O16S. The third kappa shape index (κ3) is 26.7. The van der Waals surface area contributed by atoms with Gasteiger partial charge in [-0.05, 0) is 60.0 Å². The Bertz CT molecular complexity index is 2760. The number of aliphatic carboxylic acids is 1. The van der Waals surface area contributed by atoms with Gasteiger partial charge in [0.2, 0.25) is 10.0 Å². The normalized spacial score (nSPS) is 13.6. The second kappa shape index (κ2) is 40.8. The van der Waals surface area contributed by atoms with Crippen molar-refractivity contribution < 1.29 is 75.6 Å². The first-order valence-electron chi connectivity index (χ1n) is 28.2. The van der Waals surface area contributed by atoms with E-state index in [1.807, 2.05) is 37.3 Å². The van der Waals surface area contributed by atoms with Crippen LogP contribution in [0, 0.1) is 29.1 Å². The summed E-state index contributed by atoms with van der Waals surface area (Å²) >= 11 is 0. The number of amidine groups is 1. The van der Waals surface area contributed by atoms with E-state index in [1.54, 1.807) is 47.4 Å². The van der Waals surface area contributed by atoms with Gasteiger partial charge in [0.15, 0.2) is 5.96 Å². The average molecular weight is 1190 g/mol. The predicted molar refractivity (Wildman–Crippen MR) is 315 cm³/mol. The van der Waals surface area contributed by atoms with Crippen LogP contribution >= 0.6 is 0 Å². The fourth-order valence-electron chi connectivity index (χ4n) is 8.00. The molecule has 3 aromatic rings. The number of hydrogen-bond donors (Lipinski definition) is 5. The summed E-state index contributed by atoms with van der Waals surface area (Å²) in [7, 11) is -3.71. The van der Waals surface area contributed by atoms with E-state index in [0.29, 0.717) is 185 Å². The Hall–Kier alpha value is -6.40. The molecule has 0 aliphatic carbocycles. The number of aliphatic hydroxyl groups is 1. The van der Waals surface area contributed by atoms with E-state index in [2.05, 4.69) is 38.5 Å². The number of guanidine groups is 1. The van der Waals surface area contributed by atoms with Crippen molar-refractivity contribution in [2.24, 2.45) is 21.6 Å². The van der Waals surface area contributed by atoms with Crippen LogP contribution in [0.15, 0.2) is 87.2 Å². The third-order valence-corrected chi connectivity index (χ3v) is 14.2. The van der Waals surface area contributed by atoms with Crippen molar-refractivity contribution in [1.82, 2.24) is 14.5 Å². The lowest BCUT2D eigenvalue weighted by Crippen LogP contribution is -2.51. The summed E-state index contributed by atoms with van der Waals surface area (Å²) in [6.07, 6.45) is 2.61. The van der Waals surface area contributed by atoms with Crippen molar-refractivity contribution in [3.63, 3.8) is 0 Å². The molecule has 2 heterocycles. The molecule has 0 radical (unpaired) electrons. The maximum absolute atomic E-state index is 14.1. The zero-order chi connectivity index (χ0) is 59.9. The van der Waals surface area contributed by atoms with Crippen LogP contribution in [-0.4, -0.2) is 230 Å². The van der Waals surface area contributed by atoms with Gasteiger partial charge in [-0.25, -0.2) is 13.4 Å². The highest BCUT2D eigenvalue weighted by Crippen LogP contribution is 2.34. The molecule has 0 unspecified atom stereocenters. The van der Waals surface area contributed by atoms with Gasteiger partial charge in [-0.2, -0.15) is 9.57 Å². The Morgan fingerprint density at radius 3 is 1.83 bits per heavy atom. The lowest BCUT2D eigenvalue weighted by Gasteiger charge is -2.36. The molecule has 0 spiro atoms. The highest BCUT2D eigenvalue weighted by Gasteiger charge is 2.36. The van der Waals surface area contributed by atoms with Gasteiger partial charge in [-0.15, -0.1) is 0 Å². The van der Waals surface area contributed by atoms with Crippen LogP contribution in [0.25, 0.3) is 17.2 Å². The molecule has 2 aliphatic heterocycles. The minimum absolute atomic E-state index is 0.0204. The molecule has 24 nitrogen and oxygen atoms in total. The molecule has 1 fully saturated rings. The van der Waals surface area contributed by atoms with Gasteiger partial charge in [0.25, 0.3) is 5.91 Å². The Morgan fingerprint density at radius 1 is 0.738 bits per heavy atom. The Balaban J connectivity index is 0.920. The third-order valence-electron chi connectivity index (χ3n) is 12.3. The van der Waals surface area contributed by atoms with Crippen LogP contribution < -0.4 is 16.4 Å². The standard InChI is InChI=1S/C59H82N8O16S/c1-2-16-66(58(71)52-39-51-12-11-50(41-55(51)65-56(61)42-52)49-8-6-10-54(40-49)84(72,73)67-44-48(45-67)46-68)17-4-3-14-62-59(64-53-9-5-7-47(38-53)43-60)63-15-19-75-21-23-77-25-27-79-29-31-81-33-35-83-37-36-82-34-32-80-30-28-78-26-24-76-22-20-74-18-13-57(69)70/h5-12,38-41,48,68H,2,13-37,42,44-46H2,1H3,(H2,61,65)(H,69,70)(H2,62,63,64). The van der Waals surface area contributed by atoms with Gasteiger partial charge in [-0.3, -0.25) is 14.6 Å². The number of sulfonamides is 1. The first-order chi connectivity index (χ1) is 41.0. The number of nitrogens with one attached hydrogen (secondary N) is 2. The molecule has 0 saturated carbocycles. The number of carbonyl (C=O) groups is 2. The monoisotopic (exact) mass is 1190 g/mol. The van der Waals surface area contributed by atoms with Crippen molar-refractivity contribution in [3.05, 3.63) is 83.4 Å². The number of nitrogens with zero attached hydrogens (tertiary/aromatic N) is 5. The molecule has 5 rings (SSSR count). The van der Waals surface area contributed by atoms with Crippen molar-refractivity contribution in [2.45, 2.75) is 31.1 Å². The van der Waals surface area contributed by atoms with E-state index >= 15 is 0 Å².